The summed E-state index contributed by atoms with van der Waals surface area (Å²) >= 11 is 0. The first-order chi connectivity index (χ1) is 11.3. The van der Waals surface area contributed by atoms with Gasteiger partial charge in [0.05, 0.1) is 12.8 Å². The van der Waals surface area contributed by atoms with Gasteiger partial charge in [0.25, 0.3) is 0 Å². The van der Waals surface area contributed by atoms with Gasteiger partial charge in [-0.05, 0) is 82.5 Å². The Morgan fingerprint density at radius 2 is 1.48 bits per heavy atom. The van der Waals surface area contributed by atoms with Crippen molar-refractivity contribution in [1.29, 1.82) is 0 Å². The second-order valence-corrected chi connectivity index (χ2v) is 7.65. The molecule has 2 heteroatoms. The number of halogens is 1. The summed E-state index contributed by atoms with van der Waals surface area (Å²) in [7, 11) is 0. The monoisotopic (exact) mass is 324 g/mol. The zero-order valence-electron chi connectivity index (χ0n) is 15.1. The lowest BCUT2D eigenvalue weighted by Gasteiger charge is -2.37. The van der Waals surface area contributed by atoms with Crippen molar-refractivity contribution in [3.05, 3.63) is 12.2 Å². The fraction of sp³-hybridized carbons (Fsp3) is 0.905. The second-order valence-electron chi connectivity index (χ2n) is 7.65. The number of unbranched alkanes of at least 4 members (excludes halogenated alkanes) is 1. The molecule has 0 N–H and O–H groups in total. The Morgan fingerprint density at radius 3 is 2.09 bits per heavy atom. The van der Waals surface area contributed by atoms with Crippen molar-refractivity contribution in [1.82, 2.24) is 0 Å². The lowest BCUT2D eigenvalue weighted by molar-refractivity contribution is 0.0134. The average molecular weight is 325 g/mol. The fourth-order valence-corrected chi connectivity index (χ4v) is 4.73. The van der Waals surface area contributed by atoms with E-state index >= 15 is 0 Å². The van der Waals surface area contributed by atoms with Gasteiger partial charge < -0.3 is 4.74 Å². The Balaban J connectivity index is 1.55. The van der Waals surface area contributed by atoms with Crippen LogP contribution in [0.2, 0.25) is 0 Å². The van der Waals surface area contributed by atoms with Crippen LogP contribution in [0.5, 0.6) is 0 Å². The summed E-state index contributed by atoms with van der Waals surface area (Å²) in [4.78, 5) is 0. The maximum absolute atomic E-state index is 12.0. The van der Waals surface area contributed by atoms with Crippen molar-refractivity contribution in [3.8, 4) is 0 Å². The van der Waals surface area contributed by atoms with Crippen molar-refractivity contribution in [2.75, 3.05) is 13.3 Å². The van der Waals surface area contributed by atoms with Crippen LogP contribution in [0.25, 0.3) is 0 Å². The van der Waals surface area contributed by atoms with Crippen molar-refractivity contribution in [2.24, 2.45) is 17.8 Å². The van der Waals surface area contributed by atoms with Gasteiger partial charge in [-0.25, -0.2) is 0 Å². The summed E-state index contributed by atoms with van der Waals surface area (Å²) in [5, 5.41) is 0. The summed E-state index contributed by atoms with van der Waals surface area (Å²) < 4.78 is 17.8. The van der Waals surface area contributed by atoms with Crippen LogP contribution in [0.4, 0.5) is 4.39 Å². The average Bonchev–Trinajstić information content (AvgIpc) is 2.60. The maximum atomic E-state index is 12.0. The van der Waals surface area contributed by atoms with Gasteiger partial charge in [0.2, 0.25) is 0 Å². The molecule has 1 nitrogen and oxygen atoms in total. The third kappa shape index (κ3) is 6.95. The molecule has 0 radical (unpaired) electrons. The third-order valence-electron chi connectivity index (χ3n) is 6.10. The van der Waals surface area contributed by atoms with E-state index in [9.17, 15) is 4.39 Å². The zero-order chi connectivity index (χ0) is 16.3. The highest BCUT2D eigenvalue weighted by Gasteiger charge is 2.30. The minimum atomic E-state index is -0.215. The first-order valence-electron chi connectivity index (χ1n) is 10.2. The molecule has 23 heavy (non-hydrogen) atoms. The quantitative estimate of drug-likeness (QED) is 0.348. The number of hydrogen-bond acceptors (Lipinski definition) is 1. The minimum absolute atomic E-state index is 0.215. The van der Waals surface area contributed by atoms with Gasteiger partial charge in [0.15, 0.2) is 0 Å². The zero-order valence-corrected chi connectivity index (χ0v) is 15.1. The van der Waals surface area contributed by atoms with Crippen LogP contribution in [-0.2, 0) is 4.74 Å². The largest absolute Gasteiger partial charge is 0.379 e. The number of ether oxygens (including phenoxy) is 1. The number of allylic oxidation sites excluding steroid dienone is 2. The van der Waals surface area contributed by atoms with Crippen molar-refractivity contribution in [2.45, 2.75) is 90.1 Å². The molecule has 0 aromatic carbocycles. The lowest BCUT2D eigenvalue weighted by Crippen LogP contribution is -2.28. The van der Waals surface area contributed by atoms with Crippen LogP contribution in [0.3, 0.4) is 0 Å². The van der Waals surface area contributed by atoms with Crippen molar-refractivity contribution < 1.29 is 9.13 Å². The predicted molar refractivity (Wildman–Crippen MR) is 96.4 cm³/mol. The smallest absolute Gasteiger partial charge is 0.0928 e. The van der Waals surface area contributed by atoms with Crippen LogP contribution in [0, 0.1) is 17.8 Å². The molecule has 134 valence electrons. The van der Waals surface area contributed by atoms with E-state index < -0.39 is 0 Å². The molecule has 2 aliphatic carbocycles. The maximum Gasteiger partial charge on any atom is 0.0928 e. The van der Waals surface area contributed by atoms with Crippen LogP contribution in [0.15, 0.2) is 12.2 Å². The molecule has 2 fully saturated rings. The van der Waals surface area contributed by atoms with Gasteiger partial charge in [0.1, 0.15) is 0 Å². The molecule has 0 bridgehead atoms. The molecule has 0 aromatic rings. The molecule has 2 rings (SSSR count). The van der Waals surface area contributed by atoms with E-state index in [0.717, 1.165) is 30.8 Å². The third-order valence-corrected chi connectivity index (χ3v) is 6.10. The van der Waals surface area contributed by atoms with Crippen LogP contribution < -0.4 is 0 Å². The summed E-state index contributed by atoms with van der Waals surface area (Å²) in [5.41, 5.74) is 0. The highest BCUT2D eigenvalue weighted by atomic mass is 19.1. The Kier molecular flexibility index (Phi) is 9.26. The summed E-state index contributed by atoms with van der Waals surface area (Å²) in [6.45, 7) is 2.78. The van der Waals surface area contributed by atoms with Gasteiger partial charge in [-0.2, -0.15) is 0 Å². The van der Waals surface area contributed by atoms with E-state index in [2.05, 4.69) is 13.0 Å². The van der Waals surface area contributed by atoms with E-state index in [0.29, 0.717) is 12.5 Å². The van der Waals surface area contributed by atoms with E-state index in [1.807, 2.05) is 6.08 Å². The predicted octanol–water partition coefficient (Wildman–Crippen LogP) is 6.47. The molecular formula is C21H37FO. The second kappa shape index (κ2) is 11.2. The minimum Gasteiger partial charge on any atom is -0.379 e. The first-order valence-corrected chi connectivity index (χ1v) is 10.2. The van der Waals surface area contributed by atoms with E-state index in [4.69, 9.17) is 4.74 Å². The highest BCUT2D eigenvalue weighted by Crippen LogP contribution is 2.41. The van der Waals surface area contributed by atoms with Crippen LogP contribution in [-0.4, -0.2) is 19.4 Å². The number of alkyl halides is 1. The van der Waals surface area contributed by atoms with Crippen LogP contribution >= 0.6 is 0 Å². The molecule has 0 atom stereocenters. The Hall–Kier alpha value is -0.370. The Labute approximate surface area is 143 Å². The molecule has 0 spiro atoms. The first kappa shape index (κ1) is 19.0. The molecule has 2 aliphatic rings. The van der Waals surface area contributed by atoms with E-state index in [1.54, 1.807) is 0 Å². The molecule has 0 amide bonds. The highest BCUT2D eigenvalue weighted by molar-refractivity contribution is 4.84. The van der Waals surface area contributed by atoms with Crippen LogP contribution in [0.1, 0.15) is 84.0 Å². The van der Waals surface area contributed by atoms with Crippen molar-refractivity contribution >= 4 is 0 Å². The normalized spacial score (nSPS) is 32.4. The fourth-order valence-electron chi connectivity index (χ4n) is 4.73. The Bertz CT molecular complexity index is 312. The summed E-state index contributed by atoms with van der Waals surface area (Å²) in [5.74, 6) is 2.94. The molecule has 0 heterocycles. The van der Waals surface area contributed by atoms with Crippen molar-refractivity contribution in [3.63, 3.8) is 0 Å². The molecule has 2 saturated carbocycles. The molecule has 0 aromatic heterocycles. The SMILES string of the molecule is CCOC1CCC(C2CCC(CCC/C=C/CCF)CC2)CC1. The number of rotatable bonds is 9. The molecule has 0 saturated heterocycles. The number of hydrogen-bond donors (Lipinski definition) is 0. The van der Waals surface area contributed by atoms with Gasteiger partial charge in [-0.3, -0.25) is 4.39 Å². The van der Waals surface area contributed by atoms with E-state index in [-0.39, 0.29) is 6.67 Å². The summed E-state index contributed by atoms with van der Waals surface area (Å²) in [6.07, 6.45) is 20.3. The molecule has 0 unspecified atom stereocenters. The van der Waals surface area contributed by atoms with Gasteiger partial charge >= 0.3 is 0 Å². The summed E-state index contributed by atoms with van der Waals surface area (Å²) in [6, 6.07) is 0. The van der Waals surface area contributed by atoms with E-state index in [1.165, 1.54) is 64.2 Å². The van der Waals surface area contributed by atoms with Gasteiger partial charge in [-0.1, -0.05) is 31.4 Å². The topological polar surface area (TPSA) is 9.23 Å². The van der Waals surface area contributed by atoms with Gasteiger partial charge in [0, 0.05) is 6.61 Å². The lowest BCUT2D eigenvalue weighted by atomic mass is 9.70. The molecule has 0 aliphatic heterocycles. The standard InChI is InChI=1S/C21H37FO/c1-2-23-21-15-13-20(14-16-21)19-11-9-18(10-12-19)8-6-4-3-5-7-17-22/h3,5,18-21H,2,4,6-17H2,1H3/b5-3+. The Morgan fingerprint density at radius 1 is 0.870 bits per heavy atom. The van der Waals surface area contributed by atoms with Gasteiger partial charge in [-0.15, -0.1) is 0 Å². The molecular weight excluding hydrogens is 287 g/mol.